The van der Waals surface area contributed by atoms with Crippen LogP contribution in [0.3, 0.4) is 0 Å². The van der Waals surface area contributed by atoms with Gasteiger partial charge in [-0.1, -0.05) is 0 Å². The van der Waals surface area contributed by atoms with Crippen LogP contribution in [0.5, 0.6) is 11.5 Å². The Morgan fingerprint density at radius 1 is 1.30 bits per heavy atom. The van der Waals surface area contributed by atoms with Gasteiger partial charge in [0.25, 0.3) is 5.91 Å². The lowest BCUT2D eigenvalue weighted by atomic mass is 10.1. The minimum Gasteiger partial charge on any atom is -0.493 e. The van der Waals surface area contributed by atoms with Gasteiger partial charge in [0.2, 0.25) is 0 Å². The zero-order valence-corrected chi connectivity index (χ0v) is 13.0. The fraction of sp³-hybridized carbons (Fsp3) is 0.467. The molecule has 0 spiro atoms. The second kappa shape index (κ2) is 6.82. The van der Waals surface area contributed by atoms with E-state index in [4.69, 9.17) is 19.3 Å². The molecule has 1 aliphatic heterocycles. The lowest BCUT2D eigenvalue weighted by Crippen LogP contribution is -2.52. The van der Waals surface area contributed by atoms with E-state index in [9.17, 15) is 14.0 Å². The van der Waals surface area contributed by atoms with Crippen molar-refractivity contribution in [2.45, 2.75) is 19.1 Å². The molecular weight excluding hydrogens is 309 g/mol. The summed E-state index contributed by atoms with van der Waals surface area (Å²) in [4.78, 5) is 25.0. The molecule has 0 aliphatic carbocycles. The van der Waals surface area contributed by atoms with Crippen molar-refractivity contribution in [1.29, 1.82) is 0 Å². The van der Waals surface area contributed by atoms with Crippen molar-refractivity contribution in [3.8, 4) is 11.5 Å². The maximum Gasteiger partial charge on any atom is 0.334 e. The molecule has 0 radical (unpaired) electrons. The van der Waals surface area contributed by atoms with Crippen LogP contribution in [0.2, 0.25) is 0 Å². The lowest BCUT2D eigenvalue weighted by Gasteiger charge is -2.35. The highest BCUT2D eigenvalue weighted by Gasteiger charge is 2.35. The summed E-state index contributed by atoms with van der Waals surface area (Å²) >= 11 is 0. The Balaban J connectivity index is 2.38. The second-order valence-electron chi connectivity index (χ2n) is 5.14. The number of halogens is 1. The van der Waals surface area contributed by atoms with Gasteiger partial charge in [-0.25, -0.2) is 9.18 Å². The molecule has 1 aliphatic rings. The SMILES string of the molecule is COc1ccc(F)c(C(=O)N2CC(C(=O)O)O[C@H](C)C2)c1OC. The molecule has 2 rings (SSSR count). The van der Waals surface area contributed by atoms with Crippen LogP contribution in [-0.2, 0) is 9.53 Å². The van der Waals surface area contributed by atoms with E-state index < -0.39 is 29.9 Å². The van der Waals surface area contributed by atoms with E-state index in [0.717, 1.165) is 6.07 Å². The number of carbonyl (C=O) groups is 2. The molecule has 0 aromatic heterocycles. The van der Waals surface area contributed by atoms with Crippen molar-refractivity contribution < 1.29 is 33.3 Å². The zero-order valence-electron chi connectivity index (χ0n) is 13.0. The predicted molar refractivity (Wildman–Crippen MR) is 77.4 cm³/mol. The van der Waals surface area contributed by atoms with Gasteiger partial charge in [0.1, 0.15) is 11.4 Å². The quantitative estimate of drug-likeness (QED) is 0.893. The normalized spacial score (nSPS) is 21.0. The lowest BCUT2D eigenvalue weighted by molar-refractivity contribution is -0.160. The van der Waals surface area contributed by atoms with Gasteiger partial charge in [0.05, 0.1) is 26.9 Å². The number of aliphatic carboxylic acids is 1. The van der Waals surface area contributed by atoms with E-state index in [-0.39, 0.29) is 30.2 Å². The van der Waals surface area contributed by atoms with Crippen LogP contribution in [0.15, 0.2) is 12.1 Å². The Labute approximate surface area is 132 Å². The molecule has 1 fully saturated rings. The van der Waals surface area contributed by atoms with Gasteiger partial charge in [0.15, 0.2) is 17.6 Å². The molecule has 0 saturated carbocycles. The maximum atomic E-state index is 14.2. The van der Waals surface area contributed by atoms with E-state index >= 15 is 0 Å². The number of hydrogen-bond donors (Lipinski definition) is 1. The number of carboxylic acids is 1. The van der Waals surface area contributed by atoms with Crippen molar-refractivity contribution in [3.05, 3.63) is 23.5 Å². The highest BCUT2D eigenvalue weighted by molar-refractivity contribution is 5.98. The summed E-state index contributed by atoms with van der Waals surface area (Å²) in [6.45, 7) is 1.63. The number of ether oxygens (including phenoxy) is 3. The van der Waals surface area contributed by atoms with Crippen LogP contribution < -0.4 is 9.47 Å². The van der Waals surface area contributed by atoms with E-state index in [2.05, 4.69) is 0 Å². The molecule has 1 N–H and O–H groups in total. The van der Waals surface area contributed by atoms with Gasteiger partial charge in [0, 0.05) is 6.54 Å². The van der Waals surface area contributed by atoms with Crippen LogP contribution in [-0.4, -0.2) is 61.4 Å². The van der Waals surface area contributed by atoms with Crippen LogP contribution in [0, 0.1) is 5.82 Å². The molecule has 2 atom stereocenters. The van der Waals surface area contributed by atoms with Crippen LogP contribution in [0.1, 0.15) is 17.3 Å². The molecule has 7 nitrogen and oxygen atoms in total. The third-order valence-corrected chi connectivity index (χ3v) is 3.53. The van der Waals surface area contributed by atoms with Gasteiger partial charge < -0.3 is 24.2 Å². The number of nitrogens with zero attached hydrogens (tertiary/aromatic N) is 1. The Bertz CT molecular complexity index is 620. The standard InChI is InChI=1S/C15H18FNO6/c1-8-6-17(7-11(23-8)15(19)20)14(18)12-9(16)4-5-10(21-2)13(12)22-3/h4-5,8,11H,6-7H2,1-3H3,(H,19,20)/t8-,11?/m1/s1. The molecule has 126 valence electrons. The van der Waals surface area contributed by atoms with Gasteiger partial charge in [-0.05, 0) is 19.1 Å². The van der Waals surface area contributed by atoms with E-state index in [1.165, 1.54) is 25.2 Å². The number of hydrogen-bond acceptors (Lipinski definition) is 5. The maximum absolute atomic E-state index is 14.2. The Morgan fingerprint density at radius 3 is 2.57 bits per heavy atom. The van der Waals surface area contributed by atoms with Gasteiger partial charge in [-0.15, -0.1) is 0 Å². The molecule has 23 heavy (non-hydrogen) atoms. The van der Waals surface area contributed by atoms with Crippen LogP contribution in [0.25, 0.3) is 0 Å². The minimum absolute atomic E-state index is 0.0245. The smallest absolute Gasteiger partial charge is 0.334 e. The summed E-state index contributed by atoms with van der Waals surface area (Å²) < 4.78 is 29.6. The summed E-state index contributed by atoms with van der Waals surface area (Å²) in [5.74, 6) is -2.41. The summed E-state index contributed by atoms with van der Waals surface area (Å²) in [5.41, 5.74) is -0.287. The third kappa shape index (κ3) is 3.37. The Hall–Kier alpha value is -2.35. The molecule has 1 aromatic rings. The van der Waals surface area contributed by atoms with Crippen LogP contribution in [0.4, 0.5) is 4.39 Å². The molecule has 1 saturated heterocycles. The minimum atomic E-state index is -1.17. The zero-order chi connectivity index (χ0) is 17.1. The fourth-order valence-electron chi connectivity index (χ4n) is 2.51. The van der Waals surface area contributed by atoms with Crippen molar-refractivity contribution in [2.24, 2.45) is 0 Å². The summed E-state index contributed by atoms with van der Waals surface area (Å²) in [6.07, 6.45) is -1.63. The van der Waals surface area contributed by atoms with Crippen molar-refractivity contribution in [2.75, 3.05) is 27.3 Å². The van der Waals surface area contributed by atoms with E-state index in [1.807, 2.05) is 0 Å². The first-order valence-corrected chi connectivity index (χ1v) is 6.97. The Kier molecular flexibility index (Phi) is 5.05. The first-order valence-electron chi connectivity index (χ1n) is 6.97. The number of methoxy groups -OCH3 is 2. The topological polar surface area (TPSA) is 85.3 Å². The molecule has 0 bridgehead atoms. The van der Waals surface area contributed by atoms with E-state index in [1.54, 1.807) is 6.92 Å². The molecular formula is C15H18FNO6. The van der Waals surface area contributed by atoms with Gasteiger partial charge >= 0.3 is 5.97 Å². The monoisotopic (exact) mass is 327 g/mol. The number of benzene rings is 1. The first-order chi connectivity index (χ1) is 10.9. The van der Waals surface area contributed by atoms with Crippen molar-refractivity contribution in [3.63, 3.8) is 0 Å². The fourth-order valence-corrected chi connectivity index (χ4v) is 2.51. The number of carbonyl (C=O) groups excluding carboxylic acids is 1. The number of carboxylic acid groups (broad SMARTS) is 1. The van der Waals surface area contributed by atoms with E-state index in [0.29, 0.717) is 0 Å². The first kappa shape index (κ1) is 17.0. The third-order valence-electron chi connectivity index (χ3n) is 3.53. The van der Waals surface area contributed by atoms with Gasteiger partial charge in [-0.3, -0.25) is 4.79 Å². The predicted octanol–water partition coefficient (Wildman–Crippen LogP) is 1.16. The molecule has 1 amide bonds. The molecule has 8 heteroatoms. The molecule has 1 unspecified atom stereocenters. The number of rotatable bonds is 4. The summed E-state index contributed by atoms with van der Waals surface area (Å²) in [7, 11) is 2.68. The average molecular weight is 327 g/mol. The highest BCUT2D eigenvalue weighted by Crippen LogP contribution is 2.34. The summed E-state index contributed by atoms with van der Waals surface area (Å²) in [5, 5.41) is 9.08. The number of morpholine rings is 1. The van der Waals surface area contributed by atoms with Crippen LogP contribution >= 0.6 is 0 Å². The van der Waals surface area contributed by atoms with Crippen molar-refractivity contribution in [1.82, 2.24) is 4.90 Å². The number of amides is 1. The highest BCUT2D eigenvalue weighted by atomic mass is 19.1. The largest absolute Gasteiger partial charge is 0.493 e. The second-order valence-corrected chi connectivity index (χ2v) is 5.14. The Morgan fingerprint density at radius 2 is 2.00 bits per heavy atom. The van der Waals surface area contributed by atoms with Gasteiger partial charge in [-0.2, -0.15) is 0 Å². The summed E-state index contributed by atoms with van der Waals surface area (Å²) in [6, 6.07) is 2.46. The molecule has 1 heterocycles. The molecule has 1 aromatic carbocycles. The van der Waals surface area contributed by atoms with Crippen molar-refractivity contribution >= 4 is 11.9 Å². The average Bonchev–Trinajstić information content (AvgIpc) is 2.53.